The van der Waals surface area contributed by atoms with Crippen molar-refractivity contribution in [3.8, 4) is 16.9 Å². The summed E-state index contributed by atoms with van der Waals surface area (Å²) in [6.07, 6.45) is 4.67. The predicted molar refractivity (Wildman–Crippen MR) is 120 cm³/mol. The Labute approximate surface area is 179 Å². The smallest absolute Gasteiger partial charge is 0.339 e. The summed E-state index contributed by atoms with van der Waals surface area (Å²) < 4.78 is 16.3. The lowest BCUT2D eigenvalue weighted by molar-refractivity contribution is 0.555. The van der Waals surface area contributed by atoms with Crippen molar-refractivity contribution in [1.29, 1.82) is 0 Å². The molecule has 2 aromatic heterocycles. The van der Waals surface area contributed by atoms with E-state index < -0.39 is 11.5 Å². The summed E-state index contributed by atoms with van der Waals surface area (Å²) in [5, 5.41) is 0.816. The van der Waals surface area contributed by atoms with Gasteiger partial charge in [-0.15, -0.1) is 0 Å². The van der Waals surface area contributed by atoms with Crippen LogP contribution in [0.15, 0.2) is 59.5 Å². The van der Waals surface area contributed by atoms with Crippen molar-refractivity contribution in [1.82, 2.24) is 14.5 Å². The molecule has 2 aromatic carbocycles. The van der Waals surface area contributed by atoms with E-state index in [0.29, 0.717) is 28.2 Å². The zero-order chi connectivity index (χ0) is 21.3. The first-order valence-electron chi connectivity index (χ1n) is 10.1. The van der Waals surface area contributed by atoms with Gasteiger partial charge in [0.05, 0.1) is 16.4 Å². The number of halogens is 2. The van der Waals surface area contributed by atoms with E-state index in [-0.39, 0.29) is 5.02 Å². The predicted octanol–water partition coefficient (Wildman–Crippen LogP) is 6.15. The first-order valence-corrected chi connectivity index (χ1v) is 10.5. The Bertz CT molecular complexity index is 1240. The molecule has 0 bridgehead atoms. The fourth-order valence-electron chi connectivity index (χ4n) is 3.61. The number of aromatic amines is 1. The second-order valence-corrected chi connectivity index (χ2v) is 8.35. The molecule has 0 aliphatic carbocycles. The molecule has 0 spiro atoms. The minimum atomic E-state index is -0.478. The molecule has 30 heavy (non-hydrogen) atoms. The normalized spacial score (nSPS) is 11.5. The van der Waals surface area contributed by atoms with Crippen LogP contribution in [0.4, 0.5) is 4.39 Å². The van der Waals surface area contributed by atoms with Crippen LogP contribution in [-0.2, 0) is 6.42 Å². The number of benzene rings is 2. The van der Waals surface area contributed by atoms with E-state index >= 15 is 0 Å². The third kappa shape index (κ3) is 4.17. The maximum Gasteiger partial charge on any atom is 0.354 e. The fraction of sp³-hybridized carbons (Fsp3) is 0.250. The van der Waals surface area contributed by atoms with Crippen LogP contribution in [-0.4, -0.2) is 14.5 Å². The largest absolute Gasteiger partial charge is 0.354 e. The average molecular weight is 424 g/mol. The monoisotopic (exact) mass is 423 g/mol. The Morgan fingerprint density at radius 1 is 1.17 bits per heavy atom. The molecule has 154 valence electrons. The highest BCUT2D eigenvalue weighted by molar-refractivity contribution is 6.31. The van der Waals surface area contributed by atoms with Gasteiger partial charge < -0.3 is 4.98 Å². The molecular formula is C24H23ClFN3O. The Balaban J connectivity index is 1.74. The van der Waals surface area contributed by atoms with Gasteiger partial charge in [0.15, 0.2) is 5.82 Å². The number of H-pyrrole nitrogens is 1. The number of para-hydroxylation sites is 1. The Morgan fingerprint density at radius 2 is 1.93 bits per heavy atom. The standard InChI is InChI=1S/C24H23ClFN3O/c1-15(2)7-6-8-16-11-19(22(26)20(25)12-16)21-13-17-14-29(18-9-4-3-5-10-18)24(30)28-23(17)27-21/h3-5,9-15H,6-8H2,1-2H3,(H,27,28,30). The van der Waals surface area contributed by atoms with Gasteiger partial charge in [-0.1, -0.05) is 50.1 Å². The molecule has 1 N–H and O–H groups in total. The van der Waals surface area contributed by atoms with Crippen LogP contribution >= 0.6 is 11.6 Å². The topological polar surface area (TPSA) is 50.7 Å². The van der Waals surface area contributed by atoms with E-state index in [0.717, 1.165) is 30.5 Å². The number of hydrogen-bond donors (Lipinski definition) is 1. The average Bonchev–Trinajstić information content (AvgIpc) is 3.12. The number of rotatable bonds is 6. The Morgan fingerprint density at radius 3 is 2.67 bits per heavy atom. The number of nitrogens with one attached hydrogen (secondary N) is 1. The van der Waals surface area contributed by atoms with E-state index in [9.17, 15) is 9.18 Å². The first kappa shape index (κ1) is 20.4. The van der Waals surface area contributed by atoms with Crippen LogP contribution in [0.3, 0.4) is 0 Å². The number of aromatic nitrogens is 3. The summed E-state index contributed by atoms with van der Waals surface area (Å²) in [5.41, 5.74) is 2.67. The van der Waals surface area contributed by atoms with E-state index in [2.05, 4.69) is 23.8 Å². The molecule has 0 unspecified atom stereocenters. The van der Waals surface area contributed by atoms with Crippen LogP contribution < -0.4 is 5.69 Å². The summed E-state index contributed by atoms with van der Waals surface area (Å²) in [6, 6.07) is 14.6. The number of nitrogens with zero attached hydrogens (tertiary/aromatic N) is 2. The molecule has 0 aliphatic rings. The molecule has 4 aromatic rings. The third-order valence-corrected chi connectivity index (χ3v) is 5.44. The van der Waals surface area contributed by atoms with Crippen molar-refractivity contribution >= 4 is 22.6 Å². The molecule has 4 rings (SSSR count). The minimum Gasteiger partial charge on any atom is -0.339 e. The Kier molecular flexibility index (Phi) is 5.73. The maximum absolute atomic E-state index is 14.8. The van der Waals surface area contributed by atoms with Crippen LogP contribution in [0.5, 0.6) is 0 Å². The number of fused-ring (bicyclic) bond motifs is 1. The highest BCUT2D eigenvalue weighted by Gasteiger charge is 2.15. The van der Waals surface area contributed by atoms with Crippen molar-refractivity contribution in [2.75, 3.05) is 0 Å². The fourth-order valence-corrected chi connectivity index (χ4v) is 3.85. The van der Waals surface area contributed by atoms with Gasteiger partial charge in [0.25, 0.3) is 0 Å². The lowest BCUT2D eigenvalue weighted by atomic mass is 10.00. The van der Waals surface area contributed by atoms with Crippen LogP contribution in [0.25, 0.3) is 28.0 Å². The second kappa shape index (κ2) is 8.44. The van der Waals surface area contributed by atoms with Gasteiger partial charge in [0.2, 0.25) is 0 Å². The van der Waals surface area contributed by atoms with Crippen molar-refractivity contribution in [3.05, 3.63) is 81.6 Å². The molecule has 6 heteroatoms. The molecule has 0 saturated carbocycles. The summed E-state index contributed by atoms with van der Waals surface area (Å²) in [7, 11) is 0. The minimum absolute atomic E-state index is 0.0996. The molecule has 0 atom stereocenters. The van der Waals surface area contributed by atoms with Gasteiger partial charge in [-0.3, -0.25) is 4.57 Å². The first-order chi connectivity index (χ1) is 14.4. The molecular weight excluding hydrogens is 401 g/mol. The second-order valence-electron chi connectivity index (χ2n) is 7.94. The summed E-state index contributed by atoms with van der Waals surface area (Å²) >= 11 is 6.18. The van der Waals surface area contributed by atoms with Crippen LogP contribution in [0.1, 0.15) is 32.3 Å². The molecule has 2 heterocycles. The van der Waals surface area contributed by atoms with Crippen molar-refractivity contribution in [2.45, 2.75) is 33.1 Å². The van der Waals surface area contributed by atoms with E-state index in [4.69, 9.17) is 11.6 Å². The van der Waals surface area contributed by atoms with Gasteiger partial charge in [-0.2, -0.15) is 4.98 Å². The number of hydrogen-bond acceptors (Lipinski definition) is 2. The highest BCUT2D eigenvalue weighted by Crippen LogP contribution is 2.31. The summed E-state index contributed by atoms with van der Waals surface area (Å²) in [4.78, 5) is 19.7. The zero-order valence-corrected chi connectivity index (χ0v) is 17.7. The van der Waals surface area contributed by atoms with Crippen LogP contribution in [0, 0.1) is 11.7 Å². The molecule has 4 nitrogen and oxygen atoms in total. The lowest BCUT2D eigenvalue weighted by Gasteiger charge is -2.09. The van der Waals surface area contributed by atoms with Crippen molar-refractivity contribution < 1.29 is 4.39 Å². The number of aryl methyl sites for hydroxylation is 1. The SMILES string of the molecule is CC(C)CCCc1cc(Cl)c(F)c(-c2cc3cn(-c4ccccc4)c(=O)nc3[nH]2)c1. The molecule has 0 aliphatic heterocycles. The van der Waals surface area contributed by atoms with Crippen LogP contribution in [0.2, 0.25) is 5.02 Å². The van der Waals surface area contributed by atoms with Crippen molar-refractivity contribution in [2.24, 2.45) is 5.92 Å². The molecule has 0 amide bonds. The lowest BCUT2D eigenvalue weighted by Crippen LogP contribution is -2.20. The van der Waals surface area contributed by atoms with E-state index in [1.54, 1.807) is 18.3 Å². The van der Waals surface area contributed by atoms with Crippen molar-refractivity contribution in [3.63, 3.8) is 0 Å². The van der Waals surface area contributed by atoms with Gasteiger partial charge in [0.1, 0.15) is 5.65 Å². The quantitative estimate of drug-likeness (QED) is 0.404. The molecule has 0 fully saturated rings. The Hall–Kier alpha value is -2.92. The summed E-state index contributed by atoms with van der Waals surface area (Å²) in [6.45, 7) is 4.37. The highest BCUT2D eigenvalue weighted by atomic mass is 35.5. The third-order valence-electron chi connectivity index (χ3n) is 5.17. The van der Waals surface area contributed by atoms with E-state index in [1.807, 2.05) is 36.4 Å². The molecule has 0 saturated heterocycles. The van der Waals surface area contributed by atoms with E-state index in [1.165, 1.54) is 4.57 Å². The van der Waals surface area contributed by atoms with Gasteiger partial charge in [0, 0.05) is 17.1 Å². The molecule has 0 radical (unpaired) electrons. The summed E-state index contributed by atoms with van der Waals surface area (Å²) in [5.74, 6) is 0.145. The van der Waals surface area contributed by atoms with Gasteiger partial charge in [-0.25, -0.2) is 9.18 Å². The van der Waals surface area contributed by atoms with Gasteiger partial charge >= 0.3 is 5.69 Å². The maximum atomic E-state index is 14.8. The van der Waals surface area contributed by atoms with Gasteiger partial charge in [-0.05, 0) is 54.7 Å². The zero-order valence-electron chi connectivity index (χ0n) is 17.0.